The molecule has 0 aliphatic rings. The summed E-state index contributed by atoms with van der Waals surface area (Å²) in [4.78, 5) is 80.0. The molecule has 0 rings (SSSR count). The molecule has 138 valence electrons. The summed E-state index contributed by atoms with van der Waals surface area (Å²) in [6.45, 7) is 0. The number of hydrogen-bond donors (Lipinski definition) is 4. The molecule has 0 spiro atoms. The maximum Gasteiger partial charge on any atom is 1.00 e. The van der Waals surface area contributed by atoms with E-state index in [1.54, 1.807) is 0 Å². The molecule has 0 radical (unpaired) electrons. The Labute approximate surface area is 163 Å². The first-order chi connectivity index (χ1) is 11.3. The zero-order valence-electron chi connectivity index (χ0n) is 12.1. The van der Waals surface area contributed by atoms with Gasteiger partial charge in [0.1, 0.15) is 0 Å². The van der Waals surface area contributed by atoms with Crippen LogP contribution in [0.25, 0.3) is 0 Å². The van der Waals surface area contributed by atoms with Crippen molar-refractivity contribution in [2.24, 2.45) is 0 Å². The molecule has 0 aliphatic heterocycles. The summed E-state index contributed by atoms with van der Waals surface area (Å²) in [7, 11) is -3.47. The average Bonchev–Trinajstić information content (AvgIpc) is 2.46. The first kappa shape index (κ1) is 28.0. The van der Waals surface area contributed by atoms with Crippen LogP contribution in [0.15, 0.2) is 0 Å². The van der Waals surface area contributed by atoms with Crippen molar-refractivity contribution >= 4 is 56.4 Å². The van der Waals surface area contributed by atoms with Crippen LogP contribution in [0.1, 0.15) is 0 Å². The van der Waals surface area contributed by atoms with Gasteiger partial charge >= 0.3 is 79.9 Å². The molecule has 26 heavy (non-hydrogen) atoms. The Morgan fingerprint density at radius 2 is 0.769 bits per heavy atom. The molecule has 0 atom stereocenters. The van der Waals surface area contributed by atoms with Crippen molar-refractivity contribution in [1.82, 2.24) is 0 Å². The van der Waals surface area contributed by atoms with Gasteiger partial charge in [0.15, 0.2) is 5.97 Å². The number of carbonyl (C=O) groups excluding carboxylic acids is 4. The Morgan fingerprint density at radius 1 is 0.577 bits per heavy atom. The third-order valence-electron chi connectivity index (χ3n) is 1.17. The third kappa shape index (κ3) is 13.6. The molecule has 0 aliphatic carbocycles. The summed E-state index contributed by atoms with van der Waals surface area (Å²) in [5.74, 6) is -16.7. The predicted octanol–water partition coefficient (Wildman–Crippen LogP) is -7.08. The molecule has 0 saturated heterocycles. The SMILES string of the molecule is O=C(O)C(=O)OP(OC(=O)C(=O)O)OC(=O)C(=O)O.O=C([O-])C(=O)O.[Na+]. The molecule has 0 aromatic heterocycles. The molecular formula is C8H4NaO16P. The number of carboxylic acid groups (broad SMARTS) is 5. The minimum Gasteiger partial charge on any atom is -0.539 e. The van der Waals surface area contributed by atoms with Crippen LogP contribution in [0, 0.1) is 0 Å². The maximum atomic E-state index is 10.6. The first-order valence-corrected chi connectivity index (χ1v) is 5.99. The first-order valence-electron chi connectivity index (χ1n) is 4.89. The predicted molar refractivity (Wildman–Crippen MR) is 60.7 cm³/mol. The summed E-state index contributed by atoms with van der Waals surface area (Å²) in [5.41, 5.74) is 0. The normalized spacial score (nSPS) is 8.50. The second-order valence-electron chi connectivity index (χ2n) is 2.87. The van der Waals surface area contributed by atoms with E-state index >= 15 is 0 Å². The van der Waals surface area contributed by atoms with E-state index in [9.17, 15) is 28.8 Å². The number of hydrogen-bond acceptors (Lipinski definition) is 12. The van der Waals surface area contributed by atoms with E-state index in [0.717, 1.165) is 0 Å². The van der Waals surface area contributed by atoms with Crippen LogP contribution in [-0.2, 0) is 51.9 Å². The molecule has 4 N–H and O–H groups in total. The minimum absolute atomic E-state index is 0. The molecule has 0 fully saturated rings. The number of rotatable bonds is 3. The van der Waals surface area contributed by atoms with Gasteiger partial charge in [-0.15, -0.1) is 0 Å². The largest absolute Gasteiger partial charge is 1.00 e. The zero-order valence-corrected chi connectivity index (χ0v) is 15.0. The Balaban J connectivity index is -0.000000649. The van der Waals surface area contributed by atoms with Crippen LogP contribution in [0.4, 0.5) is 0 Å². The van der Waals surface area contributed by atoms with Crippen molar-refractivity contribution in [3.8, 4) is 0 Å². The van der Waals surface area contributed by atoms with Gasteiger partial charge in [-0.3, -0.25) is 0 Å². The van der Waals surface area contributed by atoms with E-state index in [-0.39, 0.29) is 29.6 Å². The molecule has 0 saturated carbocycles. The zero-order chi connectivity index (χ0) is 20.3. The van der Waals surface area contributed by atoms with E-state index in [1.165, 1.54) is 0 Å². The summed E-state index contributed by atoms with van der Waals surface area (Å²) in [5, 5.41) is 40.7. The van der Waals surface area contributed by atoms with Crippen molar-refractivity contribution < 1.29 is 107 Å². The van der Waals surface area contributed by atoms with Gasteiger partial charge in [0.2, 0.25) is 0 Å². The number of aliphatic carboxylic acids is 5. The maximum absolute atomic E-state index is 10.6. The second-order valence-corrected chi connectivity index (χ2v) is 3.86. The van der Waals surface area contributed by atoms with E-state index in [0.29, 0.717) is 0 Å². The van der Waals surface area contributed by atoms with E-state index in [1.807, 2.05) is 0 Å². The third-order valence-corrected chi connectivity index (χ3v) is 2.12. The van der Waals surface area contributed by atoms with Gasteiger partial charge < -0.3 is 43.9 Å². The fourth-order valence-electron chi connectivity index (χ4n) is 0.376. The molecule has 18 heteroatoms. The van der Waals surface area contributed by atoms with Gasteiger partial charge in [-0.2, -0.15) is 0 Å². The molecule has 0 heterocycles. The summed E-state index contributed by atoms with van der Waals surface area (Å²) in [6.07, 6.45) is 0. The van der Waals surface area contributed by atoms with Crippen LogP contribution in [0.5, 0.6) is 0 Å². The Hall–Kier alpha value is -2.81. The topological polar surface area (TPSA) is 268 Å². The van der Waals surface area contributed by atoms with Gasteiger partial charge in [0.25, 0.3) is 0 Å². The molecular weight excluding hydrogens is 406 g/mol. The van der Waals surface area contributed by atoms with E-state index < -0.39 is 56.4 Å². The van der Waals surface area contributed by atoms with Gasteiger partial charge in [0.05, 0.1) is 0 Å². The van der Waals surface area contributed by atoms with Crippen molar-refractivity contribution in [3.05, 3.63) is 0 Å². The molecule has 0 aromatic carbocycles. The summed E-state index contributed by atoms with van der Waals surface area (Å²) >= 11 is 0. The second kappa shape index (κ2) is 13.5. The molecule has 0 unspecified atom stereocenters. The molecule has 0 aromatic rings. The quantitative estimate of drug-likeness (QED) is 0.191. The average molecular weight is 410 g/mol. The monoisotopic (exact) mass is 410 g/mol. The van der Waals surface area contributed by atoms with Crippen molar-refractivity contribution in [2.75, 3.05) is 0 Å². The van der Waals surface area contributed by atoms with Crippen LogP contribution in [-0.4, -0.2) is 68.2 Å². The molecule has 0 amide bonds. The fourth-order valence-corrected chi connectivity index (χ4v) is 1.13. The number of carbonyl (C=O) groups is 8. The summed E-state index contributed by atoms with van der Waals surface area (Å²) in [6, 6.07) is 0. The van der Waals surface area contributed by atoms with Crippen molar-refractivity contribution in [2.45, 2.75) is 0 Å². The van der Waals surface area contributed by atoms with E-state index in [2.05, 4.69) is 13.6 Å². The minimum atomic E-state index is -3.47. The molecule has 16 nitrogen and oxygen atoms in total. The smallest absolute Gasteiger partial charge is 0.539 e. The Kier molecular flexibility index (Phi) is 14.5. The fraction of sp³-hybridized carbons (Fsp3) is 0. The van der Waals surface area contributed by atoms with Crippen molar-refractivity contribution in [1.29, 1.82) is 0 Å². The van der Waals surface area contributed by atoms with Gasteiger partial charge in [-0.1, -0.05) is 0 Å². The van der Waals surface area contributed by atoms with Crippen LogP contribution in [0.2, 0.25) is 0 Å². The van der Waals surface area contributed by atoms with Gasteiger partial charge in [0, 0.05) is 0 Å². The molecule has 0 bridgehead atoms. The van der Waals surface area contributed by atoms with Gasteiger partial charge in [-0.05, 0) is 0 Å². The standard InChI is InChI=1S/C6H3O12P.C2H2O4.Na/c7-1(8)4(13)16-19(17-5(14)2(9)10)18-6(15)3(11)12;3-1(4)2(5)6;/h(H,7,8)(H,9,10)(H,11,12);(H,3,4)(H,5,6);/q;;+1/p-1. The van der Waals surface area contributed by atoms with Crippen LogP contribution < -0.4 is 34.7 Å². The van der Waals surface area contributed by atoms with Crippen LogP contribution >= 0.6 is 8.60 Å². The summed E-state index contributed by atoms with van der Waals surface area (Å²) < 4.78 is 11.3. The van der Waals surface area contributed by atoms with Crippen LogP contribution in [0.3, 0.4) is 0 Å². The van der Waals surface area contributed by atoms with Gasteiger partial charge in [-0.25, -0.2) is 33.6 Å². The Bertz CT molecular complexity index is 545. The Morgan fingerprint density at radius 3 is 0.885 bits per heavy atom. The van der Waals surface area contributed by atoms with E-state index in [4.69, 9.17) is 35.1 Å². The van der Waals surface area contributed by atoms with Crippen molar-refractivity contribution in [3.63, 3.8) is 0 Å². The number of carboxylic acids is 5.